The maximum Gasteiger partial charge on any atom is 0.150 e. The molecule has 0 heterocycles. The third-order valence-corrected chi connectivity index (χ3v) is 4.12. The molecule has 0 aliphatic heterocycles. The van der Waals surface area contributed by atoms with Crippen molar-refractivity contribution in [3.63, 3.8) is 0 Å². The van der Waals surface area contributed by atoms with Crippen molar-refractivity contribution in [2.45, 2.75) is 52.1 Å². The van der Waals surface area contributed by atoms with Gasteiger partial charge in [0.15, 0.2) is 0 Å². The summed E-state index contributed by atoms with van der Waals surface area (Å²) in [5.41, 5.74) is 2.55. The lowest BCUT2D eigenvalue weighted by atomic mass is 10.0. The standard InChI is InChI=1S/C17H24O3/c1-12-7-15(10-18)8-13(2)17(12)20-11-16(19)9-14-5-3-4-6-14/h7-8,10,14,16,19H,3-6,9,11H2,1-2H3. The number of ether oxygens (including phenoxy) is 1. The van der Waals surface area contributed by atoms with E-state index in [1.165, 1.54) is 25.7 Å². The summed E-state index contributed by atoms with van der Waals surface area (Å²) in [5.74, 6) is 1.45. The molecule has 1 aliphatic carbocycles. The van der Waals surface area contributed by atoms with Crippen LogP contribution in [0.3, 0.4) is 0 Å². The second-order valence-corrected chi connectivity index (χ2v) is 5.95. The van der Waals surface area contributed by atoms with Crippen molar-refractivity contribution in [1.82, 2.24) is 0 Å². The van der Waals surface area contributed by atoms with Gasteiger partial charge in [-0.05, 0) is 49.4 Å². The second-order valence-electron chi connectivity index (χ2n) is 5.95. The van der Waals surface area contributed by atoms with E-state index < -0.39 is 6.10 Å². The molecule has 1 atom stereocenters. The fourth-order valence-electron chi connectivity index (χ4n) is 3.16. The molecule has 1 aromatic rings. The number of benzene rings is 1. The van der Waals surface area contributed by atoms with E-state index >= 15 is 0 Å². The number of aldehydes is 1. The van der Waals surface area contributed by atoms with Gasteiger partial charge in [-0.1, -0.05) is 25.7 Å². The highest BCUT2D eigenvalue weighted by Crippen LogP contribution is 2.29. The summed E-state index contributed by atoms with van der Waals surface area (Å²) >= 11 is 0. The first kappa shape index (κ1) is 15.0. The molecule has 1 unspecified atom stereocenters. The zero-order chi connectivity index (χ0) is 14.5. The number of carbonyl (C=O) groups excluding carboxylic acids is 1. The maximum atomic E-state index is 10.8. The molecule has 1 N–H and O–H groups in total. The predicted octanol–water partition coefficient (Wildman–Crippen LogP) is 3.44. The summed E-state index contributed by atoms with van der Waals surface area (Å²) in [6.07, 6.45) is 6.35. The molecule has 1 fully saturated rings. The average molecular weight is 276 g/mol. The number of aryl methyl sites for hydroxylation is 2. The minimum atomic E-state index is -0.400. The largest absolute Gasteiger partial charge is 0.490 e. The molecule has 110 valence electrons. The molecular weight excluding hydrogens is 252 g/mol. The van der Waals surface area contributed by atoms with E-state index in [0.717, 1.165) is 29.6 Å². The first-order chi connectivity index (χ1) is 9.60. The Balaban J connectivity index is 1.91. The fraction of sp³-hybridized carbons (Fsp3) is 0.588. The Morgan fingerprint density at radius 1 is 1.30 bits per heavy atom. The Labute approximate surface area is 121 Å². The average Bonchev–Trinajstić information content (AvgIpc) is 2.90. The van der Waals surface area contributed by atoms with Gasteiger partial charge in [0, 0.05) is 5.56 Å². The van der Waals surface area contributed by atoms with Gasteiger partial charge in [0.1, 0.15) is 18.6 Å². The van der Waals surface area contributed by atoms with Gasteiger partial charge < -0.3 is 9.84 Å². The fourth-order valence-corrected chi connectivity index (χ4v) is 3.16. The second kappa shape index (κ2) is 6.89. The Morgan fingerprint density at radius 2 is 1.90 bits per heavy atom. The van der Waals surface area contributed by atoms with Gasteiger partial charge in [-0.2, -0.15) is 0 Å². The summed E-state index contributed by atoms with van der Waals surface area (Å²) in [7, 11) is 0. The summed E-state index contributed by atoms with van der Waals surface area (Å²) in [6.45, 7) is 4.19. The smallest absolute Gasteiger partial charge is 0.150 e. The topological polar surface area (TPSA) is 46.5 Å². The van der Waals surface area contributed by atoms with Crippen molar-refractivity contribution >= 4 is 6.29 Å². The number of aliphatic hydroxyl groups excluding tert-OH is 1. The molecule has 3 heteroatoms. The summed E-state index contributed by atoms with van der Waals surface area (Å²) in [6, 6.07) is 3.64. The quantitative estimate of drug-likeness (QED) is 0.810. The molecule has 1 aromatic carbocycles. The normalized spacial score (nSPS) is 17.1. The molecule has 0 radical (unpaired) electrons. The maximum absolute atomic E-state index is 10.8. The van der Waals surface area contributed by atoms with E-state index in [4.69, 9.17) is 4.74 Å². The van der Waals surface area contributed by atoms with Crippen LogP contribution in [-0.4, -0.2) is 24.1 Å². The van der Waals surface area contributed by atoms with Crippen molar-refractivity contribution in [2.24, 2.45) is 5.92 Å². The van der Waals surface area contributed by atoms with Crippen molar-refractivity contribution < 1.29 is 14.6 Å². The molecular formula is C17H24O3. The number of hydrogen-bond donors (Lipinski definition) is 1. The number of rotatable bonds is 6. The van der Waals surface area contributed by atoms with Crippen LogP contribution in [0, 0.1) is 19.8 Å². The van der Waals surface area contributed by atoms with E-state index in [1.54, 1.807) is 0 Å². The lowest BCUT2D eigenvalue weighted by molar-refractivity contribution is 0.0849. The van der Waals surface area contributed by atoms with E-state index in [-0.39, 0.29) is 0 Å². The third-order valence-electron chi connectivity index (χ3n) is 4.12. The van der Waals surface area contributed by atoms with Crippen LogP contribution >= 0.6 is 0 Å². The number of aliphatic hydroxyl groups is 1. The molecule has 0 amide bonds. The van der Waals surface area contributed by atoms with E-state index in [0.29, 0.717) is 18.1 Å². The lowest BCUT2D eigenvalue weighted by Gasteiger charge is -2.18. The monoisotopic (exact) mass is 276 g/mol. The van der Waals surface area contributed by atoms with Crippen molar-refractivity contribution in [3.05, 3.63) is 28.8 Å². The Hall–Kier alpha value is -1.35. The molecule has 1 aliphatic rings. The van der Waals surface area contributed by atoms with Gasteiger partial charge in [0.25, 0.3) is 0 Å². The van der Waals surface area contributed by atoms with Crippen LogP contribution in [0.1, 0.15) is 53.6 Å². The van der Waals surface area contributed by atoms with Crippen molar-refractivity contribution in [2.75, 3.05) is 6.61 Å². The molecule has 0 aromatic heterocycles. The molecule has 1 saturated carbocycles. The highest BCUT2D eigenvalue weighted by molar-refractivity contribution is 5.76. The molecule has 0 saturated heterocycles. The minimum absolute atomic E-state index is 0.332. The van der Waals surface area contributed by atoms with E-state index in [9.17, 15) is 9.90 Å². The van der Waals surface area contributed by atoms with Gasteiger partial charge in [-0.3, -0.25) is 4.79 Å². The number of hydrogen-bond acceptors (Lipinski definition) is 3. The van der Waals surface area contributed by atoms with Crippen LogP contribution < -0.4 is 4.74 Å². The highest BCUT2D eigenvalue weighted by atomic mass is 16.5. The molecule has 0 bridgehead atoms. The van der Waals surface area contributed by atoms with Crippen molar-refractivity contribution in [3.8, 4) is 5.75 Å². The zero-order valence-corrected chi connectivity index (χ0v) is 12.4. The van der Waals surface area contributed by atoms with Crippen LogP contribution in [0.2, 0.25) is 0 Å². The molecule has 3 nitrogen and oxygen atoms in total. The first-order valence-corrected chi connectivity index (χ1v) is 7.47. The van der Waals surface area contributed by atoms with Crippen molar-refractivity contribution in [1.29, 1.82) is 0 Å². The Morgan fingerprint density at radius 3 is 2.45 bits per heavy atom. The van der Waals surface area contributed by atoms with Crippen LogP contribution in [0.4, 0.5) is 0 Å². The predicted molar refractivity (Wildman–Crippen MR) is 79.4 cm³/mol. The van der Waals surface area contributed by atoms with Gasteiger partial charge >= 0.3 is 0 Å². The van der Waals surface area contributed by atoms with Gasteiger partial charge in [-0.25, -0.2) is 0 Å². The van der Waals surface area contributed by atoms with E-state index in [2.05, 4.69) is 0 Å². The van der Waals surface area contributed by atoms with Gasteiger partial charge in [0.2, 0.25) is 0 Å². The summed E-state index contributed by atoms with van der Waals surface area (Å²) in [4.78, 5) is 10.8. The van der Waals surface area contributed by atoms with Gasteiger partial charge in [-0.15, -0.1) is 0 Å². The van der Waals surface area contributed by atoms with Crippen LogP contribution in [-0.2, 0) is 0 Å². The lowest BCUT2D eigenvalue weighted by Crippen LogP contribution is -2.21. The Kier molecular flexibility index (Phi) is 5.18. The molecule has 0 spiro atoms. The minimum Gasteiger partial charge on any atom is -0.490 e. The summed E-state index contributed by atoms with van der Waals surface area (Å²) in [5, 5.41) is 10.1. The SMILES string of the molecule is Cc1cc(C=O)cc(C)c1OCC(O)CC1CCCC1. The van der Waals surface area contributed by atoms with Gasteiger partial charge in [0.05, 0.1) is 6.10 Å². The Bertz CT molecular complexity index is 438. The third kappa shape index (κ3) is 3.83. The molecule has 2 rings (SSSR count). The first-order valence-electron chi connectivity index (χ1n) is 7.47. The zero-order valence-electron chi connectivity index (χ0n) is 12.4. The number of carbonyl (C=O) groups is 1. The van der Waals surface area contributed by atoms with E-state index in [1.807, 2.05) is 26.0 Å². The summed E-state index contributed by atoms with van der Waals surface area (Å²) < 4.78 is 5.77. The molecule has 20 heavy (non-hydrogen) atoms. The van der Waals surface area contributed by atoms with Crippen LogP contribution in [0.25, 0.3) is 0 Å². The van der Waals surface area contributed by atoms with Crippen LogP contribution in [0.15, 0.2) is 12.1 Å². The van der Waals surface area contributed by atoms with Crippen LogP contribution in [0.5, 0.6) is 5.75 Å². The highest BCUT2D eigenvalue weighted by Gasteiger charge is 2.19.